The van der Waals surface area contributed by atoms with Crippen LogP contribution in [0, 0.1) is 0 Å². The molecule has 0 fully saturated rings. The minimum absolute atomic E-state index is 0.0313. The van der Waals surface area contributed by atoms with E-state index in [1.807, 2.05) is 18.2 Å². The first-order valence-corrected chi connectivity index (χ1v) is 11.6. The highest BCUT2D eigenvalue weighted by Gasteiger charge is 2.25. The standard InChI is InChI=1S/C23H21ClN2O4S/c1-30-18-10-8-17(9-11-18)26-31(28,29)22-14-16(6-12-20(22)24)23(27)25-21-13-7-15-4-2-3-5-19(15)21/h2-6,8-12,14,21,26H,7,13H2,1H3,(H,25,27). The number of carbonyl (C=O) groups excluding carboxylic acids is 1. The van der Waals surface area contributed by atoms with Gasteiger partial charge in [0.05, 0.1) is 18.2 Å². The highest BCUT2D eigenvalue weighted by molar-refractivity contribution is 7.92. The van der Waals surface area contributed by atoms with E-state index in [2.05, 4.69) is 16.1 Å². The summed E-state index contributed by atoms with van der Waals surface area (Å²) in [6.45, 7) is 0. The van der Waals surface area contributed by atoms with E-state index in [0.29, 0.717) is 11.4 Å². The molecule has 1 unspecified atom stereocenters. The molecule has 1 aliphatic rings. The van der Waals surface area contributed by atoms with Crippen molar-refractivity contribution in [2.75, 3.05) is 11.8 Å². The molecular formula is C23H21ClN2O4S. The number of halogens is 1. The van der Waals surface area contributed by atoms with Crippen molar-refractivity contribution in [2.45, 2.75) is 23.8 Å². The Morgan fingerprint density at radius 2 is 1.81 bits per heavy atom. The number of carbonyl (C=O) groups is 1. The average Bonchev–Trinajstić information content (AvgIpc) is 3.17. The quantitative estimate of drug-likeness (QED) is 0.569. The summed E-state index contributed by atoms with van der Waals surface area (Å²) in [5.74, 6) is 0.257. The SMILES string of the molecule is COc1ccc(NS(=O)(=O)c2cc(C(=O)NC3CCc4ccccc43)ccc2Cl)cc1. The maximum atomic E-state index is 12.9. The van der Waals surface area contributed by atoms with Crippen LogP contribution in [-0.2, 0) is 16.4 Å². The summed E-state index contributed by atoms with van der Waals surface area (Å²) in [6.07, 6.45) is 1.70. The van der Waals surface area contributed by atoms with Gasteiger partial charge in [-0.25, -0.2) is 8.42 Å². The van der Waals surface area contributed by atoms with E-state index < -0.39 is 10.0 Å². The molecule has 1 amide bonds. The monoisotopic (exact) mass is 456 g/mol. The molecule has 31 heavy (non-hydrogen) atoms. The molecule has 2 N–H and O–H groups in total. The van der Waals surface area contributed by atoms with Crippen molar-refractivity contribution in [1.82, 2.24) is 5.32 Å². The minimum Gasteiger partial charge on any atom is -0.497 e. The number of anilines is 1. The number of hydrogen-bond donors (Lipinski definition) is 2. The predicted molar refractivity (Wildman–Crippen MR) is 120 cm³/mol. The summed E-state index contributed by atoms with van der Waals surface area (Å²) in [5, 5.41) is 3.03. The lowest BCUT2D eigenvalue weighted by Gasteiger charge is -2.15. The number of fused-ring (bicyclic) bond motifs is 1. The number of hydrogen-bond acceptors (Lipinski definition) is 4. The second-order valence-corrected chi connectivity index (χ2v) is 9.30. The normalized spacial score (nSPS) is 15.2. The fourth-order valence-electron chi connectivity index (χ4n) is 3.67. The van der Waals surface area contributed by atoms with E-state index in [4.69, 9.17) is 16.3 Å². The number of aryl methyl sites for hydroxylation is 1. The summed E-state index contributed by atoms with van der Waals surface area (Å²) in [6, 6.07) is 18.6. The van der Waals surface area contributed by atoms with E-state index >= 15 is 0 Å². The zero-order chi connectivity index (χ0) is 22.0. The number of nitrogens with one attached hydrogen (secondary N) is 2. The van der Waals surface area contributed by atoms with Crippen LogP contribution >= 0.6 is 11.6 Å². The molecule has 1 atom stereocenters. The Kier molecular flexibility index (Phi) is 5.89. The van der Waals surface area contributed by atoms with Gasteiger partial charge in [0.2, 0.25) is 0 Å². The molecule has 0 heterocycles. The molecule has 0 spiro atoms. The molecule has 0 aromatic heterocycles. The van der Waals surface area contributed by atoms with Crippen LogP contribution in [0.3, 0.4) is 0 Å². The molecular weight excluding hydrogens is 436 g/mol. The van der Waals surface area contributed by atoms with Crippen LogP contribution in [0.4, 0.5) is 5.69 Å². The Morgan fingerprint density at radius 3 is 2.55 bits per heavy atom. The van der Waals surface area contributed by atoms with Crippen LogP contribution in [0.25, 0.3) is 0 Å². The van der Waals surface area contributed by atoms with E-state index in [9.17, 15) is 13.2 Å². The lowest BCUT2D eigenvalue weighted by Crippen LogP contribution is -2.27. The first-order valence-electron chi connectivity index (χ1n) is 9.72. The van der Waals surface area contributed by atoms with Gasteiger partial charge < -0.3 is 10.1 Å². The first-order chi connectivity index (χ1) is 14.9. The predicted octanol–water partition coefficient (Wildman–Crippen LogP) is 4.57. The fraction of sp³-hybridized carbons (Fsp3) is 0.174. The smallest absolute Gasteiger partial charge is 0.263 e. The van der Waals surface area contributed by atoms with Gasteiger partial charge >= 0.3 is 0 Å². The first kappa shape index (κ1) is 21.2. The summed E-state index contributed by atoms with van der Waals surface area (Å²) in [7, 11) is -2.47. The maximum absolute atomic E-state index is 12.9. The van der Waals surface area contributed by atoms with Crippen molar-refractivity contribution in [3.05, 3.63) is 88.4 Å². The molecule has 3 aromatic rings. The van der Waals surface area contributed by atoms with Gasteiger partial charge in [0.1, 0.15) is 10.6 Å². The maximum Gasteiger partial charge on any atom is 0.263 e. The second kappa shape index (κ2) is 8.61. The van der Waals surface area contributed by atoms with E-state index in [1.165, 1.54) is 30.9 Å². The molecule has 0 bridgehead atoms. The Hall–Kier alpha value is -3.03. The van der Waals surface area contributed by atoms with Crippen LogP contribution in [0.2, 0.25) is 5.02 Å². The second-order valence-electron chi connectivity index (χ2n) is 7.24. The molecule has 4 rings (SSSR count). The lowest BCUT2D eigenvalue weighted by atomic mass is 10.1. The van der Waals surface area contributed by atoms with E-state index in [-0.39, 0.29) is 27.4 Å². The van der Waals surface area contributed by atoms with Gasteiger partial charge in [0, 0.05) is 11.3 Å². The highest BCUT2D eigenvalue weighted by atomic mass is 35.5. The topological polar surface area (TPSA) is 84.5 Å². The summed E-state index contributed by atoms with van der Waals surface area (Å²) < 4.78 is 33.4. The van der Waals surface area contributed by atoms with E-state index in [0.717, 1.165) is 18.4 Å². The molecule has 8 heteroatoms. The Morgan fingerprint density at radius 1 is 1.06 bits per heavy atom. The molecule has 1 aliphatic carbocycles. The van der Waals surface area contributed by atoms with Gasteiger partial charge in [0.15, 0.2) is 0 Å². The number of rotatable bonds is 6. The number of ether oxygens (including phenoxy) is 1. The zero-order valence-corrected chi connectivity index (χ0v) is 18.3. The van der Waals surface area contributed by atoms with Crippen LogP contribution in [0.1, 0.15) is 33.9 Å². The van der Waals surface area contributed by atoms with Gasteiger partial charge in [-0.1, -0.05) is 35.9 Å². The molecule has 0 saturated carbocycles. The summed E-state index contributed by atoms with van der Waals surface area (Å²) in [4.78, 5) is 12.7. The van der Waals surface area contributed by atoms with Crippen molar-refractivity contribution >= 4 is 33.2 Å². The largest absolute Gasteiger partial charge is 0.497 e. The molecule has 0 radical (unpaired) electrons. The summed E-state index contributed by atoms with van der Waals surface area (Å²) in [5.41, 5.74) is 2.90. The Balaban J connectivity index is 1.55. The van der Waals surface area contributed by atoms with Gasteiger partial charge in [0.25, 0.3) is 15.9 Å². The highest BCUT2D eigenvalue weighted by Crippen LogP contribution is 2.31. The van der Waals surface area contributed by atoms with Crippen LogP contribution in [0.15, 0.2) is 71.6 Å². The average molecular weight is 457 g/mol. The van der Waals surface area contributed by atoms with Crippen molar-refractivity contribution in [3.63, 3.8) is 0 Å². The van der Waals surface area contributed by atoms with Crippen molar-refractivity contribution in [2.24, 2.45) is 0 Å². The van der Waals surface area contributed by atoms with Crippen LogP contribution < -0.4 is 14.8 Å². The molecule has 160 valence electrons. The Bertz CT molecular complexity index is 1230. The van der Waals surface area contributed by atoms with Gasteiger partial charge in [-0.3, -0.25) is 9.52 Å². The van der Waals surface area contributed by atoms with Crippen molar-refractivity contribution in [3.8, 4) is 5.75 Å². The summed E-state index contributed by atoms with van der Waals surface area (Å²) >= 11 is 6.17. The Labute approximate surface area is 186 Å². The molecule has 6 nitrogen and oxygen atoms in total. The lowest BCUT2D eigenvalue weighted by molar-refractivity contribution is 0.0936. The zero-order valence-electron chi connectivity index (χ0n) is 16.8. The molecule has 3 aromatic carbocycles. The van der Waals surface area contributed by atoms with Crippen LogP contribution in [0.5, 0.6) is 5.75 Å². The van der Waals surface area contributed by atoms with Gasteiger partial charge in [-0.05, 0) is 66.4 Å². The van der Waals surface area contributed by atoms with Crippen molar-refractivity contribution in [1.29, 1.82) is 0 Å². The van der Waals surface area contributed by atoms with Gasteiger partial charge in [-0.2, -0.15) is 0 Å². The fourth-order valence-corrected chi connectivity index (χ4v) is 5.25. The number of methoxy groups -OCH3 is 1. The molecule has 0 aliphatic heterocycles. The number of amides is 1. The third-order valence-electron chi connectivity index (χ3n) is 5.26. The van der Waals surface area contributed by atoms with E-state index in [1.54, 1.807) is 24.3 Å². The third kappa shape index (κ3) is 4.52. The van der Waals surface area contributed by atoms with Crippen molar-refractivity contribution < 1.29 is 17.9 Å². The minimum atomic E-state index is -4.00. The van der Waals surface area contributed by atoms with Gasteiger partial charge in [-0.15, -0.1) is 0 Å². The van der Waals surface area contributed by atoms with Crippen LogP contribution in [-0.4, -0.2) is 21.4 Å². The molecule has 0 saturated heterocycles. The number of benzene rings is 3. The third-order valence-corrected chi connectivity index (χ3v) is 7.13. The number of sulfonamides is 1.